The van der Waals surface area contributed by atoms with Crippen molar-refractivity contribution in [3.8, 4) is 5.75 Å². The van der Waals surface area contributed by atoms with Gasteiger partial charge in [-0.3, -0.25) is 0 Å². The van der Waals surface area contributed by atoms with Gasteiger partial charge in [0, 0.05) is 5.56 Å². The van der Waals surface area contributed by atoms with Gasteiger partial charge in [0.25, 0.3) is 0 Å². The molecule has 1 aliphatic rings. The molecule has 0 N–H and O–H groups in total. The summed E-state index contributed by atoms with van der Waals surface area (Å²) in [7, 11) is 1.29. The molecule has 1 aliphatic heterocycles. The summed E-state index contributed by atoms with van der Waals surface area (Å²) >= 11 is 0. The van der Waals surface area contributed by atoms with Gasteiger partial charge in [-0.05, 0) is 38.3 Å². The highest BCUT2D eigenvalue weighted by Gasteiger charge is 2.27. The first kappa shape index (κ1) is 16.9. The molecule has 2 heterocycles. The molecule has 0 amide bonds. The molecular weight excluding hydrogens is 324 g/mol. The zero-order valence-electron chi connectivity index (χ0n) is 14.4. The topological polar surface area (TPSA) is 87.8 Å². The molecule has 0 saturated carbocycles. The summed E-state index contributed by atoms with van der Waals surface area (Å²) < 4.78 is 12.1. The smallest absolute Gasteiger partial charge is 0.346 e. The van der Waals surface area contributed by atoms with Crippen LogP contribution in [0, 0.1) is 0 Å². The van der Waals surface area contributed by atoms with Crippen LogP contribution < -0.4 is 4.74 Å². The summed E-state index contributed by atoms with van der Waals surface area (Å²) in [5.74, 6) is 0.697. The number of oxime groups is 1. The van der Waals surface area contributed by atoms with E-state index in [-0.39, 0.29) is 12.2 Å². The predicted molar refractivity (Wildman–Crippen MR) is 89.4 cm³/mol. The van der Waals surface area contributed by atoms with Crippen LogP contribution in [0.15, 0.2) is 36.0 Å². The number of hydrogen-bond donors (Lipinski definition) is 0. The molecule has 1 aromatic carbocycles. The molecule has 8 nitrogen and oxygen atoms in total. The molecule has 8 heteroatoms. The first-order valence-corrected chi connectivity index (χ1v) is 7.92. The minimum Gasteiger partial charge on any atom is -0.488 e. The Morgan fingerprint density at radius 3 is 3.00 bits per heavy atom. The second kappa shape index (κ2) is 6.92. The summed E-state index contributed by atoms with van der Waals surface area (Å²) in [6.45, 7) is 3.84. The molecule has 1 aromatic heterocycles. The van der Waals surface area contributed by atoms with Crippen LogP contribution in [-0.2, 0) is 20.8 Å². The van der Waals surface area contributed by atoms with E-state index in [1.165, 1.54) is 24.4 Å². The van der Waals surface area contributed by atoms with E-state index < -0.39 is 5.97 Å². The Morgan fingerprint density at radius 1 is 1.44 bits per heavy atom. The van der Waals surface area contributed by atoms with Crippen LogP contribution in [0.1, 0.15) is 31.4 Å². The van der Waals surface area contributed by atoms with E-state index in [2.05, 4.69) is 33.8 Å². The van der Waals surface area contributed by atoms with Crippen LogP contribution in [-0.4, -0.2) is 45.9 Å². The lowest BCUT2D eigenvalue weighted by molar-refractivity contribution is -0.145. The fourth-order valence-corrected chi connectivity index (χ4v) is 2.53. The summed E-state index contributed by atoms with van der Waals surface area (Å²) in [5, 5.41) is 8.12. The molecule has 25 heavy (non-hydrogen) atoms. The number of carbonyl (C=O) groups is 1. The van der Waals surface area contributed by atoms with Gasteiger partial charge in [-0.25, -0.2) is 9.78 Å². The molecule has 0 unspecified atom stereocenters. The number of fused-ring (bicyclic) bond motifs is 1. The van der Waals surface area contributed by atoms with Gasteiger partial charge in [-0.15, -0.1) is 0 Å². The van der Waals surface area contributed by atoms with Crippen LogP contribution in [0.3, 0.4) is 0 Å². The molecule has 2 aromatic rings. The Hall–Kier alpha value is -2.90. The van der Waals surface area contributed by atoms with Crippen molar-refractivity contribution >= 4 is 11.8 Å². The normalized spacial score (nSPS) is 15.9. The SMILES string of the molecule is COC(=O)CO/N=C(/c1ccc2c(c1)OC(C)(C)CC2)n1cncn1. The van der Waals surface area contributed by atoms with Crippen molar-refractivity contribution in [2.75, 3.05) is 13.7 Å². The fraction of sp³-hybridized carbons (Fsp3) is 0.412. The molecule has 0 fully saturated rings. The van der Waals surface area contributed by atoms with E-state index in [9.17, 15) is 4.79 Å². The first-order valence-electron chi connectivity index (χ1n) is 7.92. The summed E-state index contributed by atoms with van der Waals surface area (Å²) in [4.78, 5) is 20.2. The second-order valence-corrected chi connectivity index (χ2v) is 6.29. The molecule has 0 saturated heterocycles. The van der Waals surface area contributed by atoms with Crippen molar-refractivity contribution in [3.05, 3.63) is 42.0 Å². The van der Waals surface area contributed by atoms with Gasteiger partial charge in [0.2, 0.25) is 12.4 Å². The molecule has 0 atom stereocenters. The lowest BCUT2D eigenvalue weighted by Crippen LogP contribution is -2.32. The number of nitrogens with zero attached hydrogens (tertiary/aromatic N) is 4. The number of aryl methyl sites for hydroxylation is 1. The van der Waals surface area contributed by atoms with E-state index in [1.54, 1.807) is 0 Å². The Balaban J connectivity index is 1.91. The van der Waals surface area contributed by atoms with Gasteiger partial charge < -0.3 is 14.3 Å². The van der Waals surface area contributed by atoms with Crippen molar-refractivity contribution in [3.63, 3.8) is 0 Å². The minimum atomic E-state index is -0.516. The maximum absolute atomic E-state index is 11.2. The monoisotopic (exact) mass is 344 g/mol. The summed E-state index contributed by atoms with van der Waals surface area (Å²) in [6.07, 6.45) is 4.82. The van der Waals surface area contributed by atoms with Gasteiger partial charge in [-0.1, -0.05) is 17.3 Å². The lowest BCUT2D eigenvalue weighted by Gasteiger charge is -2.32. The molecule has 0 radical (unpaired) electrons. The van der Waals surface area contributed by atoms with Crippen molar-refractivity contribution in [1.29, 1.82) is 0 Å². The fourth-order valence-electron chi connectivity index (χ4n) is 2.53. The van der Waals surface area contributed by atoms with E-state index in [4.69, 9.17) is 9.57 Å². The molecule has 0 aliphatic carbocycles. The maximum atomic E-state index is 11.2. The van der Waals surface area contributed by atoms with Gasteiger partial charge in [0.15, 0.2) is 0 Å². The molecule has 132 valence electrons. The summed E-state index contributed by atoms with van der Waals surface area (Å²) in [5.41, 5.74) is 1.68. The molecule has 0 bridgehead atoms. The second-order valence-electron chi connectivity index (χ2n) is 6.29. The lowest BCUT2D eigenvalue weighted by atomic mass is 9.93. The van der Waals surface area contributed by atoms with Gasteiger partial charge in [-0.2, -0.15) is 9.78 Å². The number of methoxy groups -OCH3 is 1. The Labute approximate surface area is 145 Å². The number of ether oxygens (including phenoxy) is 2. The number of carbonyl (C=O) groups excluding carboxylic acids is 1. The third kappa shape index (κ3) is 3.96. The highest BCUT2D eigenvalue weighted by molar-refractivity contribution is 5.99. The Kier molecular flexibility index (Phi) is 4.69. The van der Waals surface area contributed by atoms with Gasteiger partial charge in [0.05, 0.1) is 7.11 Å². The Bertz CT molecular complexity index is 784. The number of hydrogen-bond acceptors (Lipinski definition) is 7. The number of benzene rings is 1. The standard InChI is InChI=1S/C17H20N4O4/c1-17(2)7-6-12-4-5-13(8-14(12)25-17)16(21-11-18-10-19-21)20-24-9-15(22)23-3/h4-5,8,10-11H,6-7,9H2,1-3H3/b20-16-. The van der Waals surface area contributed by atoms with E-state index in [0.29, 0.717) is 5.84 Å². The van der Waals surface area contributed by atoms with Crippen molar-refractivity contribution < 1.29 is 19.1 Å². The zero-order valence-corrected chi connectivity index (χ0v) is 14.4. The highest BCUT2D eigenvalue weighted by atomic mass is 16.6. The largest absolute Gasteiger partial charge is 0.488 e. The van der Waals surface area contributed by atoms with Gasteiger partial charge in [0.1, 0.15) is 24.0 Å². The van der Waals surface area contributed by atoms with Crippen LogP contribution >= 0.6 is 0 Å². The highest BCUT2D eigenvalue weighted by Crippen LogP contribution is 2.33. The average Bonchev–Trinajstić information content (AvgIpc) is 3.11. The van der Waals surface area contributed by atoms with E-state index >= 15 is 0 Å². The number of rotatable bonds is 4. The minimum absolute atomic E-state index is 0.211. The van der Waals surface area contributed by atoms with Crippen molar-refractivity contribution in [2.24, 2.45) is 5.16 Å². The first-order chi connectivity index (χ1) is 12.0. The molecule has 0 spiro atoms. The third-order valence-corrected chi connectivity index (χ3v) is 3.90. The molecular formula is C17H20N4O4. The maximum Gasteiger partial charge on any atom is 0.346 e. The van der Waals surface area contributed by atoms with E-state index in [0.717, 1.165) is 29.7 Å². The van der Waals surface area contributed by atoms with Gasteiger partial charge >= 0.3 is 5.97 Å². The van der Waals surface area contributed by atoms with E-state index in [1.807, 2.05) is 18.2 Å². The van der Waals surface area contributed by atoms with Crippen LogP contribution in [0.5, 0.6) is 5.75 Å². The predicted octanol–water partition coefficient (Wildman–Crippen LogP) is 1.78. The van der Waals surface area contributed by atoms with Crippen molar-refractivity contribution in [2.45, 2.75) is 32.3 Å². The average molecular weight is 344 g/mol. The van der Waals surface area contributed by atoms with Crippen LogP contribution in [0.4, 0.5) is 0 Å². The van der Waals surface area contributed by atoms with Crippen molar-refractivity contribution in [1.82, 2.24) is 14.8 Å². The Morgan fingerprint density at radius 2 is 2.28 bits per heavy atom. The summed E-state index contributed by atoms with van der Waals surface area (Å²) in [6, 6.07) is 5.83. The molecule has 3 rings (SSSR count). The number of aromatic nitrogens is 3. The zero-order chi connectivity index (χ0) is 17.9. The van der Waals surface area contributed by atoms with Crippen LogP contribution in [0.2, 0.25) is 0 Å². The van der Waals surface area contributed by atoms with Crippen LogP contribution in [0.25, 0.3) is 0 Å². The third-order valence-electron chi connectivity index (χ3n) is 3.90. The number of esters is 1. The quantitative estimate of drug-likeness (QED) is 0.364.